The molecule has 1 heterocycles. The van der Waals surface area contributed by atoms with Crippen LogP contribution >= 0.6 is 27.3 Å². The van der Waals surface area contributed by atoms with Gasteiger partial charge in [0.05, 0.1) is 15.7 Å². The van der Waals surface area contributed by atoms with Crippen LogP contribution in [0.15, 0.2) is 39.1 Å². The van der Waals surface area contributed by atoms with Crippen LogP contribution < -0.4 is 10.0 Å². The van der Waals surface area contributed by atoms with E-state index in [9.17, 15) is 8.42 Å². The highest BCUT2D eigenvalue weighted by Gasteiger charge is 2.19. The molecular weight excluding hydrogens is 350 g/mol. The number of sulfonamides is 1. The molecule has 0 spiro atoms. The number of anilines is 2. The number of rotatable bonds is 5. The summed E-state index contributed by atoms with van der Waals surface area (Å²) in [7, 11) is -3.64. The highest BCUT2D eigenvalue weighted by atomic mass is 79.9. The number of benzene rings is 1. The van der Waals surface area contributed by atoms with E-state index < -0.39 is 10.0 Å². The quantitative estimate of drug-likeness (QED) is 0.857. The smallest absolute Gasteiger partial charge is 0.265 e. The second-order valence-corrected chi connectivity index (χ2v) is 7.66. The molecule has 5 nitrogen and oxygen atoms in total. The number of hydrogen-bond donors (Lipinski definition) is 2. The normalized spacial score (nSPS) is 11.3. The van der Waals surface area contributed by atoms with Gasteiger partial charge in [-0.15, -0.1) is 0 Å². The van der Waals surface area contributed by atoms with Gasteiger partial charge < -0.3 is 5.32 Å². The van der Waals surface area contributed by atoms with Gasteiger partial charge in [-0.2, -0.15) is 0 Å². The largest absolute Gasteiger partial charge is 0.384 e. The third-order valence-corrected chi connectivity index (χ3v) is 5.16. The molecule has 2 N–H and O–H groups in total. The number of nitrogens with zero attached hydrogens (tertiary/aromatic N) is 1. The molecule has 0 radical (unpaired) electrons. The summed E-state index contributed by atoms with van der Waals surface area (Å²) in [5, 5.41) is 3.36. The molecule has 102 valence electrons. The van der Waals surface area contributed by atoms with Crippen molar-refractivity contribution in [2.45, 2.75) is 11.8 Å². The van der Waals surface area contributed by atoms with Crippen molar-refractivity contribution in [3.63, 3.8) is 0 Å². The van der Waals surface area contributed by atoms with Crippen molar-refractivity contribution in [3.8, 4) is 0 Å². The maximum atomic E-state index is 12.3. The van der Waals surface area contributed by atoms with Gasteiger partial charge in [-0.05, 0) is 35.0 Å². The minimum Gasteiger partial charge on any atom is -0.384 e. The van der Waals surface area contributed by atoms with Crippen molar-refractivity contribution < 1.29 is 8.42 Å². The second kappa shape index (κ2) is 5.89. The maximum Gasteiger partial charge on any atom is 0.265 e. The molecule has 2 aromatic rings. The van der Waals surface area contributed by atoms with Crippen LogP contribution in [0, 0.1) is 0 Å². The molecule has 1 aromatic carbocycles. The lowest BCUT2D eigenvalue weighted by molar-refractivity contribution is 0.601. The summed E-state index contributed by atoms with van der Waals surface area (Å²) in [5.41, 5.74) is 0.577. The number of hydrogen-bond acceptors (Lipinski definition) is 5. The van der Waals surface area contributed by atoms with Gasteiger partial charge in [0.15, 0.2) is 5.13 Å². The van der Waals surface area contributed by atoms with E-state index in [2.05, 4.69) is 31.0 Å². The predicted molar refractivity (Wildman–Crippen MR) is 81.2 cm³/mol. The van der Waals surface area contributed by atoms with Crippen molar-refractivity contribution in [1.29, 1.82) is 0 Å². The number of nitrogens with one attached hydrogen (secondary N) is 2. The molecular formula is C11H12BrN3O2S2. The minimum atomic E-state index is -3.64. The summed E-state index contributed by atoms with van der Waals surface area (Å²) in [4.78, 5) is 4.17. The summed E-state index contributed by atoms with van der Waals surface area (Å²) < 4.78 is 27.8. The third kappa shape index (κ3) is 3.46. The van der Waals surface area contributed by atoms with E-state index in [1.807, 2.05) is 6.92 Å². The van der Waals surface area contributed by atoms with Crippen LogP contribution in [0.1, 0.15) is 6.92 Å². The summed E-state index contributed by atoms with van der Waals surface area (Å²) in [5.74, 6) is 0. The zero-order valence-corrected chi connectivity index (χ0v) is 13.3. The van der Waals surface area contributed by atoms with Gasteiger partial charge >= 0.3 is 0 Å². The van der Waals surface area contributed by atoms with E-state index in [0.717, 1.165) is 3.79 Å². The first-order valence-electron chi connectivity index (χ1n) is 5.50. The molecule has 0 aliphatic heterocycles. The van der Waals surface area contributed by atoms with E-state index in [-0.39, 0.29) is 4.90 Å². The molecule has 19 heavy (non-hydrogen) atoms. The van der Waals surface area contributed by atoms with Gasteiger partial charge in [-0.3, -0.25) is 4.72 Å². The van der Waals surface area contributed by atoms with Crippen molar-refractivity contribution in [3.05, 3.63) is 34.2 Å². The number of thiazole rings is 1. The molecule has 0 fully saturated rings. The van der Waals surface area contributed by atoms with E-state index in [4.69, 9.17) is 0 Å². The van der Waals surface area contributed by atoms with Crippen molar-refractivity contribution in [2.75, 3.05) is 16.6 Å². The molecule has 0 saturated carbocycles. The zero-order chi connectivity index (χ0) is 13.9. The first kappa shape index (κ1) is 14.3. The average Bonchev–Trinajstić information content (AvgIpc) is 2.75. The fourth-order valence-electron chi connectivity index (χ4n) is 1.51. The second-order valence-electron chi connectivity index (χ2n) is 3.60. The number of para-hydroxylation sites is 1. The van der Waals surface area contributed by atoms with Gasteiger partial charge in [0.2, 0.25) is 0 Å². The van der Waals surface area contributed by atoms with Crippen LogP contribution in [0.25, 0.3) is 0 Å². The van der Waals surface area contributed by atoms with Crippen molar-refractivity contribution in [1.82, 2.24) is 4.98 Å². The Bertz CT molecular complexity index is 670. The molecule has 0 unspecified atom stereocenters. The Morgan fingerprint density at radius 3 is 2.74 bits per heavy atom. The number of aromatic nitrogens is 1. The third-order valence-electron chi connectivity index (χ3n) is 2.24. The molecule has 0 aliphatic carbocycles. The summed E-state index contributed by atoms with van der Waals surface area (Å²) in [6.45, 7) is 2.56. The monoisotopic (exact) mass is 361 g/mol. The van der Waals surface area contributed by atoms with Crippen LogP contribution in [0.5, 0.6) is 0 Å². The Morgan fingerprint density at radius 1 is 1.37 bits per heavy atom. The summed E-state index contributed by atoms with van der Waals surface area (Å²) >= 11 is 4.47. The molecule has 0 amide bonds. The standard InChI is InChI=1S/C11H12BrN3O2S2/c1-2-13-8-5-3-4-6-9(8)19(16,17)15-11-14-7-10(12)18-11/h3-7,13H,2H2,1H3,(H,14,15). The van der Waals surface area contributed by atoms with Gasteiger partial charge in [-0.25, -0.2) is 13.4 Å². The first-order chi connectivity index (χ1) is 9.03. The highest BCUT2D eigenvalue weighted by Crippen LogP contribution is 2.27. The van der Waals surface area contributed by atoms with Crippen LogP contribution in [-0.4, -0.2) is 19.9 Å². The average molecular weight is 362 g/mol. The summed E-state index contributed by atoms with van der Waals surface area (Å²) in [6, 6.07) is 6.77. The Kier molecular flexibility index (Phi) is 4.43. The van der Waals surface area contributed by atoms with Gasteiger partial charge in [0.1, 0.15) is 4.90 Å². The molecule has 0 aliphatic rings. The Hall–Kier alpha value is -1.12. The zero-order valence-electron chi connectivity index (χ0n) is 10.1. The van der Waals surface area contributed by atoms with E-state index in [1.54, 1.807) is 30.5 Å². The fourth-order valence-corrected chi connectivity index (χ4v) is 4.04. The first-order valence-corrected chi connectivity index (χ1v) is 8.59. The minimum absolute atomic E-state index is 0.211. The predicted octanol–water partition coefficient (Wildman–Crippen LogP) is 3.14. The molecule has 1 aromatic heterocycles. The van der Waals surface area contributed by atoms with Crippen LogP contribution in [0.4, 0.5) is 10.8 Å². The topological polar surface area (TPSA) is 71.1 Å². The molecule has 0 bridgehead atoms. The Labute approximate surface area is 124 Å². The lowest BCUT2D eigenvalue weighted by Gasteiger charge is -2.11. The maximum absolute atomic E-state index is 12.3. The number of halogens is 1. The van der Waals surface area contributed by atoms with Gasteiger partial charge in [-0.1, -0.05) is 23.5 Å². The van der Waals surface area contributed by atoms with E-state index in [1.165, 1.54) is 11.3 Å². The van der Waals surface area contributed by atoms with Crippen molar-refractivity contribution in [2.24, 2.45) is 0 Å². The van der Waals surface area contributed by atoms with Gasteiger partial charge in [0.25, 0.3) is 10.0 Å². The van der Waals surface area contributed by atoms with Crippen LogP contribution in [0.3, 0.4) is 0 Å². The lowest BCUT2D eigenvalue weighted by atomic mass is 10.3. The SMILES string of the molecule is CCNc1ccccc1S(=O)(=O)Nc1ncc(Br)s1. The fraction of sp³-hybridized carbons (Fsp3) is 0.182. The van der Waals surface area contributed by atoms with Crippen LogP contribution in [0.2, 0.25) is 0 Å². The van der Waals surface area contributed by atoms with Crippen LogP contribution in [-0.2, 0) is 10.0 Å². The molecule has 0 atom stereocenters. The van der Waals surface area contributed by atoms with Gasteiger partial charge in [0, 0.05) is 6.54 Å². The molecule has 8 heteroatoms. The van der Waals surface area contributed by atoms with Crippen molar-refractivity contribution >= 4 is 48.1 Å². The Balaban J connectivity index is 2.34. The lowest BCUT2D eigenvalue weighted by Crippen LogP contribution is -2.15. The van der Waals surface area contributed by atoms with E-state index >= 15 is 0 Å². The molecule has 0 saturated heterocycles. The summed E-state index contributed by atoms with van der Waals surface area (Å²) in [6.07, 6.45) is 1.55. The molecule has 2 rings (SSSR count). The Morgan fingerprint density at radius 2 is 2.11 bits per heavy atom. The van der Waals surface area contributed by atoms with E-state index in [0.29, 0.717) is 17.4 Å². The highest BCUT2D eigenvalue weighted by molar-refractivity contribution is 9.11.